The Bertz CT molecular complexity index is 729. The molecule has 3 N–H and O–H groups in total. The van der Waals surface area contributed by atoms with Gasteiger partial charge in [-0.05, 0) is 31.0 Å². The van der Waals surface area contributed by atoms with Crippen LogP contribution in [0, 0.1) is 0 Å². The standard InChI is InChI=1S/C19H21N3O2/c1-19(20,14-8-4-2-5-9-14)18(24)21-16-12-13-22(17(16)23)15-10-6-3-7-11-15/h2-11,16H,12-13,20H2,1H3,(H,21,24). The molecule has 2 atom stereocenters. The average Bonchev–Trinajstić information content (AvgIpc) is 2.97. The van der Waals surface area contributed by atoms with Crippen molar-refractivity contribution in [3.8, 4) is 0 Å². The summed E-state index contributed by atoms with van der Waals surface area (Å²) in [5, 5.41) is 2.81. The van der Waals surface area contributed by atoms with Crippen molar-refractivity contribution in [1.29, 1.82) is 0 Å². The van der Waals surface area contributed by atoms with Crippen LogP contribution in [0.1, 0.15) is 18.9 Å². The molecule has 1 fully saturated rings. The smallest absolute Gasteiger partial charge is 0.249 e. The van der Waals surface area contributed by atoms with Gasteiger partial charge in [0.1, 0.15) is 11.6 Å². The first-order chi connectivity index (χ1) is 11.5. The van der Waals surface area contributed by atoms with E-state index in [2.05, 4.69) is 5.32 Å². The maximum absolute atomic E-state index is 12.6. The second kappa shape index (κ2) is 6.45. The largest absolute Gasteiger partial charge is 0.342 e. The molecule has 124 valence electrons. The van der Waals surface area contributed by atoms with Crippen molar-refractivity contribution >= 4 is 17.5 Å². The van der Waals surface area contributed by atoms with Crippen LogP contribution in [-0.4, -0.2) is 24.4 Å². The number of nitrogens with one attached hydrogen (secondary N) is 1. The predicted molar refractivity (Wildman–Crippen MR) is 93.3 cm³/mol. The van der Waals surface area contributed by atoms with Gasteiger partial charge in [0, 0.05) is 12.2 Å². The number of nitrogens with two attached hydrogens (primary N) is 1. The summed E-state index contributed by atoms with van der Waals surface area (Å²) in [7, 11) is 0. The molecule has 2 aromatic carbocycles. The van der Waals surface area contributed by atoms with E-state index in [0.717, 1.165) is 5.69 Å². The van der Waals surface area contributed by atoms with Crippen LogP contribution in [0.4, 0.5) is 5.69 Å². The summed E-state index contributed by atoms with van der Waals surface area (Å²) in [6.45, 7) is 2.24. The van der Waals surface area contributed by atoms with E-state index in [9.17, 15) is 9.59 Å². The molecule has 2 aromatic rings. The van der Waals surface area contributed by atoms with Crippen molar-refractivity contribution in [1.82, 2.24) is 5.32 Å². The lowest BCUT2D eigenvalue weighted by Gasteiger charge is -2.26. The first-order valence-electron chi connectivity index (χ1n) is 8.02. The molecule has 1 heterocycles. The maximum Gasteiger partial charge on any atom is 0.249 e. The van der Waals surface area contributed by atoms with E-state index in [-0.39, 0.29) is 11.8 Å². The van der Waals surface area contributed by atoms with Crippen molar-refractivity contribution < 1.29 is 9.59 Å². The molecule has 2 amide bonds. The fourth-order valence-corrected chi connectivity index (χ4v) is 2.90. The topological polar surface area (TPSA) is 75.4 Å². The molecule has 0 aromatic heterocycles. The molecule has 0 spiro atoms. The third-order valence-electron chi connectivity index (χ3n) is 4.42. The minimum Gasteiger partial charge on any atom is -0.342 e. The van der Waals surface area contributed by atoms with Gasteiger partial charge in [0.05, 0.1) is 0 Å². The van der Waals surface area contributed by atoms with Gasteiger partial charge < -0.3 is 16.0 Å². The number of nitrogens with zero attached hydrogens (tertiary/aromatic N) is 1. The molecule has 5 heteroatoms. The lowest BCUT2D eigenvalue weighted by molar-refractivity contribution is -0.130. The second-order valence-electron chi connectivity index (χ2n) is 6.21. The molecule has 1 aliphatic heterocycles. The molecule has 0 aliphatic carbocycles. The van der Waals surface area contributed by atoms with Crippen molar-refractivity contribution in [3.63, 3.8) is 0 Å². The Kier molecular flexibility index (Phi) is 4.36. The van der Waals surface area contributed by atoms with Crippen molar-refractivity contribution in [2.45, 2.75) is 24.9 Å². The number of carbonyl (C=O) groups excluding carboxylic acids is 2. The summed E-state index contributed by atoms with van der Waals surface area (Å²) in [5.41, 5.74) is 6.60. The van der Waals surface area contributed by atoms with Crippen LogP contribution in [0.3, 0.4) is 0 Å². The van der Waals surface area contributed by atoms with E-state index in [1.165, 1.54) is 0 Å². The van der Waals surface area contributed by atoms with Gasteiger partial charge in [-0.25, -0.2) is 0 Å². The van der Waals surface area contributed by atoms with Crippen molar-refractivity contribution in [2.24, 2.45) is 5.73 Å². The van der Waals surface area contributed by atoms with Crippen molar-refractivity contribution in [2.75, 3.05) is 11.4 Å². The van der Waals surface area contributed by atoms with E-state index in [4.69, 9.17) is 5.73 Å². The molecule has 1 saturated heterocycles. The Labute approximate surface area is 141 Å². The summed E-state index contributed by atoms with van der Waals surface area (Å²) < 4.78 is 0. The Morgan fingerprint density at radius 3 is 2.33 bits per heavy atom. The number of rotatable bonds is 4. The number of carbonyl (C=O) groups is 2. The fourth-order valence-electron chi connectivity index (χ4n) is 2.90. The maximum atomic E-state index is 12.6. The van der Waals surface area contributed by atoms with Crippen LogP contribution >= 0.6 is 0 Å². The molecular formula is C19H21N3O2. The minimum absolute atomic E-state index is 0.0987. The summed E-state index contributed by atoms with van der Waals surface area (Å²) in [4.78, 5) is 26.9. The highest BCUT2D eigenvalue weighted by Crippen LogP contribution is 2.23. The lowest BCUT2D eigenvalue weighted by Crippen LogP contribution is -2.53. The van der Waals surface area contributed by atoms with Crippen LogP contribution in [0.25, 0.3) is 0 Å². The van der Waals surface area contributed by atoms with Gasteiger partial charge in [0.25, 0.3) is 0 Å². The number of hydrogen-bond donors (Lipinski definition) is 2. The van der Waals surface area contributed by atoms with Crippen LogP contribution in [0.2, 0.25) is 0 Å². The zero-order chi connectivity index (χ0) is 17.2. The van der Waals surface area contributed by atoms with E-state index >= 15 is 0 Å². The summed E-state index contributed by atoms with van der Waals surface area (Å²) in [6, 6.07) is 18.1. The highest BCUT2D eigenvalue weighted by atomic mass is 16.2. The number of hydrogen-bond acceptors (Lipinski definition) is 3. The van der Waals surface area contributed by atoms with Crippen LogP contribution in [0.5, 0.6) is 0 Å². The Balaban J connectivity index is 1.71. The van der Waals surface area contributed by atoms with Crippen LogP contribution in [-0.2, 0) is 15.1 Å². The molecule has 3 rings (SSSR count). The van der Waals surface area contributed by atoms with Gasteiger partial charge in [0.15, 0.2) is 0 Å². The Morgan fingerprint density at radius 1 is 1.12 bits per heavy atom. The fraction of sp³-hybridized carbons (Fsp3) is 0.263. The van der Waals surface area contributed by atoms with Gasteiger partial charge in [-0.1, -0.05) is 48.5 Å². The third-order valence-corrected chi connectivity index (χ3v) is 4.42. The van der Waals surface area contributed by atoms with E-state index in [1.807, 2.05) is 60.7 Å². The average molecular weight is 323 g/mol. The van der Waals surface area contributed by atoms with Crippen molar-refractivity contribution in [3.05, 3.63) is 66.2 Å². The molecule has 0 radical (unpaired) electrons. The van der Waals surface area contributed by atoms with E-state index in [0.29, 0.717) is 18.5 Å². The number of para-hydroxylation sites is 1. The minimum atomic E-state index is -1.18. The summed E-state index contributed by atoms with van der Waals surface area (Å²) >= 11 is 0. The second-order valence-corrected chi connectivity index (χ2v) is 6.21. The SMILES string of the molecule is CC(N)(C(=O)NC1CCN(c2ccccc2)C1=O)c1ccccc1. The number of anilines is 1. The normalized spacial score (nSPS) is 19.8. The quantitative estimate of drug-likeness (QED) is 0.900. The molecule has 24 heavy (non-hydrogen) atoms. The molecule has 0 bridgehead atoms. The molecule has 5 nitrogen and oxygen atoms in total. The summed E-state index contributed by atoms with van der Waals surface area (Å²) in [6.07, 6.45) is 0.574. The molecule has 2 unspecified atom stereocenters. The molecular weight excluding hydrogens is 302 g/mol. The van der Waals surface area contributed by atoms with E-state index in [1.54, 1.807) is 11.8 Å². The number of amides is 2. The highest BCUT2D eigenvalue weighted by Gasteiger charge is 2.38. The first kappa shape index (κ1) is 16.2. The highest BCUT2D eigenvalue weighted by molar-refractivity contribution is 6.02. The third kappa shape index (κ3) is 3.03. The van der Waals surface area contributed by atoms with E-state index < -0.39 is 11.6 Å². The lowest BCUT2D eigenvalue weighted by atomic mass is 9.92. The Hall–Kier alpha value is -2.66. The molecule has 1 aliphatic rings. The zero-order valence-electron chi connectivity index (χ0n) is 13.6. The zero-order valence-corrected chi connectivity index (χ0v) is 13.6. The predicted octanol–water partition coefficient (Wildman–Crippen LogP) is 1.78. The van der Waals surface area contributed by atoms with Gasteiger partial charge in [0.2, 0.25) is 11.8 Å². The Morgan fingerprint density at radius 2 is 1.71 bits per heavy atom. The van der Waals surface area contributed by atoms with Gasteiger partial charge in [-0.3, -0.25) is 9.59 Å². The monoisotopic (exact) mass is 323 g/mol. The van der Waals surface area contributed by atoms with Gasteiger partial charge in [-0.2, -0.15) is 0 Å². The van der Waals surface area contributed by atoms with Crippen LogP contribution < -0.4 is 16.0 Å². The number of benzene rings is 2. The first-order valence-corrected chi connectivity index (χ1v) is 8.02. The summed E-state index contributed by atoms with van der Waals surface area (Å²) in [5.74, 6) is -0.444. The molecule has 0 saturated carbocycles. The van der Waals surface area contributed by atoms with Gasteiger partial charge in [-0.15, -0.1) is 0 Å². The van der Waals surface area contributed by atoms with Crippen LogP contribution in [0.15, 0.2) is 60.7 Å². The van der Waals surface area contributed by atoms with Gasteiger partial charge >= 0.3 is 0 Å².